The van der Waals surface area contributed by atoms with Gasteiger partial charge in [-0.2, -0.15) is 5.10 Å². The van der Waals surface area contributed by atoms with Crippen molar-refractivity contribution >= 4 is 15.9 Å². The van der Waals surface area contributed by atoms with Crippen molar-refractivity contribution in [1.82, 2.24) is 14.5 Å². The molecule has 3 rings (SSSR count). The Kier molecular flexibility index (Phi) is 6.49. The first-order chi connectivity index (χ1) is 13.9. The number of aromatic nitrogens is 2. The number of carbonyl (C=O) groups excluding carboxylic acids is 1. The molecule has 0 saturated carbocycles. The minimum absolute atomic E-state index is 0.0823. The average molecular weight is 412 g/mol. The fourth-order valence-electron chi connectivity index (χ4n) is 3.10. The van der Waals surface area contributed by atoms with Gasteiger partial charge in [0.25, 0.3) is 10.0 Å². The monoisotopic (exact) mass is 411 g/mol. The maximum absolute atomic E-state index is 12.6. The van der Waals surface area contributed by atoms with Crippen LogP contribution in [0.15, 0.2) is 65.6 Å². The second-order valence-corrected chi connectivity index (χ2v) is 8.66. The van der Waals surface area contributed by atoms with Gasteiger partial charge in [-0.1, -0.05) is 43.7 Å². The van der Waals surface area contributed by atoms with Crippen molar-refractivity contribution in [1.29, 1.82) is 0 Å². The lowest BCUT2D eigenvalue weighted by molar-refractivity contribution is -0.118. The summed E-state index contributed by atoms with van der Waals surface area (Å²) in [7, 11) is -3.92. The number of benzene rings is 2. The van der Waals surface area contributed by atoms with Crippen molar-refractivity contribution in [3.8, 4) is 5.69 Å². The molecule has 152 valence electrons. The van der Waals surface area contributed by atoms with Gasteiger partial charge in [-0.15, -0.1) is 0 Å². The summed E-state index contributed by atoms with van der Waals surface area (Å²) in [5.41, 5.74) is 3.27. The summed E-state index contributed by atoms with van der Waals surface area (Å²) in [6.45, 7) is 3.94. The fraction of sp³-hybridized carbons (Fsp3) is 0.273. The van der Waals surface area contributed by atoms with E-state index in [-0.39, 0.29) is 11.3 Å². The smallest absolute Gasteiger partial charge is 0.264 e. The molecule has 0 aliphatic rings. The standard InChI is InChI=1S/C22H25N3O3S/c1-3-4-8-18-11-13-21(14-12-18)29(27,28)24-22(26)16-20-15-17(2)23-25(20)19-9-6-5-7-10-19/h5-7,9-15H,3-4,8,16H2,1-2H3,(H,24,26). The summed E-state index contributed by atoms with van der Waals surface area (Å²) < 4.78 is 28.9. The molecule has 0 saturated heterocycles. The van der Waals surface area contributed by atoms with E-state index in [0.717, 1.165) is 36.2 Å². The summed E-state index contributed by atoms with van der Waals surface area (Å²) in [6.07, 6.45) is 2.95. The number of unbranched alkanes of at least 4 members (excludes halogenated alkanes) is 1. The van der Waals surface area contributed by atoms with E-state index >= 15 is 0 Å². The number of hydrogen-bond acceptors (Lipinski definition) is 4. The lowest BCUT2D eigenvalue weighted by Gasteiger charge is -2.09. The molecule has 1 amide bonds. The van der Waals surface area contributed by atoms with Crippen LogP contribution >= 0.6 is 0 Å². The van der Waals surface area contributed by atoms with Crippen LogP contribution in [0.5, 0.6) is 0 Å². The van der Waals surface area contributed by atoms with Gasteiger partial charge < -0.3 is 0 Å². The lowest BCUT2D eigenvalue weighted by atomic mass is 10.1. The maximum atomic E-state index is 12.6. The molecule has 1 aromatic heterocycles. The van der Waals surface area contributed by atoms with Crippen molar-refractivity contribution in [2.24, 2.45) is 0 Å². The zero-order valence-corrected chi connectivity index (χ0v) is 17.4. The van der Waals surface area contributed by atoms with Crippen LogP contribution in [0.1, 0.15) is 36.7 Å². The third kappa shape index (κ3) is 5.32. The van der Waals surface area contributed by atoms with Gasteiger partial charge in [0, 0.05) is 0 Å². The number of rotatable bonds is 8. The third-order valence-corrected chi connectivity index (χ3v) is 5.94. The van der Waals surface area contributed by atoms with E-state index in [1.807, 2.05) is 37.3 Å². The molecular formula is C22H25N3O3S. The van der Waals surface area contributed by atoms with Crippen molar-refractivity contribution in [3.05, 3.63) is 77.6 Å². The summed E-state index contributed by atoms with van der Waals surface area (Å²) in [5.74, 6) is -0.600. The molecule has 6 nitrogen and oxygen atoms in total. The molecule has 1 heterocycles. The van der Waals surface area contributed by atoms with Crippen molar-refractivity contribution in [2.75, 3.05) is 0 Å². The number of carbonyl (C=O) groups is 1. The Labute approximate surface area is 171 Å². The Morgan fingerprint density at radius 3 is 2.41 bits per heavy atom. The van der Waals surface area contributed by atoms with Gasteiger partial charge in [0.2, 0.25) is 5.91 Å². The van der Waals surface area contributed by atoms with Crippen molar-refractivity contribution in [2.45, 2.75) is 44.4 Å². The van der Waals surface area contributed by atoms with Gasteiger partial charge in [-0.3, -0.25) is 4.79 Å². The highest BCUT2D eigenvalue weighted by molar-refractivity contribution is 7.90. The van der Waals surface area contributed by atoms with Gasteiger partial charge in [-0.25, -0.2) is 17.8 Å². The average Bonchev–Trinajstić information content (AvgIpc) is 3.06. The van der Waals surface area contributed by atoms with Crippen LogP contribution in [0.2, 0.25) is 0 Å². The van der Waals surface area contributed by atoms with Crippen LogP contribution in [0.25, 0.3) is 5.69 Å². The van der Waals surface area contributed by atoms with Gasteiger partial charge in [-0.05, 0) is 55.7 Å². The van der Waals surface area contributed by atoms with E-state index in [0.29, 0.717) is 5.69 Å². The highest BCUT2D eigenvalue weighted by Crippen LogP contribution is 2.15. The largest absolute Gasteiger partial charge is 0.274 e. The van der Waals surface area contributed by atoms with Crippen LogP contribution in [-0.2, 0) is 27.7 Å². The summed E-state index contributed by atoms with van der Waals surface area (Å²) in [5, 5.41) is 4.41. The van der Waals surface area contributed by atoms with Crippen molar-refractivity contribution in [3.63, 3.8) is 0 Å². The van der Waals surface area contributed by atoms with E-state index < -0.39 is 15.9 Å². The second kappa shape index (κ2) is 9.05. The number of para-hydroxylation sites is 1. The third-order valence-electron chi connectivity index (χ3n) is 4.55. The molecule has 29 heavy (non-hydrogen) atoms. The quantitative estimate of drug-likeness (QED) is 0.614. The highest BCUT2D eigenvalue weighted by atomic mass is 32.2. The Morgan fingerprint density at radius 2 is 1.76 bits per heavy atom. The minimum Gasteiger partial charge on any atom is -0.274 e. The number of hydrogen-bond donors (Lipinski definition) is 1. The molecule has 2 aromatic carbocycles. The van der Waals surface area contributed by atoms with E-state index in [2.05, 4.69) is 16.7 Å². The molecule has 0 aliphatic carbocycles. The second-order valence-electron chi connectivity index (χ2n) is 6.98. The first kappa shape index (κ1) is 20.8. The summed E-state index contributed by atoms with van der Waals surface area (Å²) in [6, 6.07) is 17.9. The normalized spacial score (nSPS) is 11.4. The van der Waals surface area contributed by atoms with Crippen LogP contribution < -0.4 is 4.72 Å². The number of nitrogens with one attached hydrogen (secondary N) is 1. The molecule has 0 spiro atoms. The fourth-order valence-corrected chi connectivity index (χ4v) is 4.08. The molecule has 0 unspecified atom stereocenters. The van der Waals surface area contributed by atoms with E-state index in [9.17, 15) is 13.2 Å². The molecule has 0 radical (unpaired) electrons. The molecule has 0 atom stereocenters. The Bertz CT molecular complexity index is 1070. The van der Waals surface area contributed by atoms with Gasteiger partial charge in [0.05, 0.1) is 28.4 Å². The predicted octanol–water partition coefficient (Wildman–Crippen LogP) is 3.57. The zero-order valence-electron chi connectivity index (χ0n) is 16.6. The van der Waals surface area contributed by atoms with Crippen LogP contribution in [-0.4, -0.2) is 24.1 Å². The maximum Gasteiger partial charge on any atom is 0.264 e. The van der Waals surface area contributed by atoms with Gasteiger partial charge in [0.15, 0.2) is 0 Å². The van der Waals surface area contributed by atoms with E-state index in [1.165, 1.54) is 0 Å². The predicted molar refractivity (Wildman–Crippen MR) is 112 cm³/mol. The first-order valence-corrected chi connectivity index (χ1v) is 11.1. The molecule has 0 aliphatic heterocycles. The summed E-state index contributed by atoms with van der Waals surface area (Å²) in [4.78, 5) is 12.6. The number of sulfonamides is 1. The SMILES string of the molecule is CCCCc1ccc(S(=O)(=O)NC(=O)Cc2cc(C)nn2-c2ccccc2)cc1. The Balaban J connectivity index is 1.72. The molecule has 0 fully saturated rings. The minimum atomic E-state index is -3.92. The summed E-state index contributed by atoms with van der Waals surface area (Å²) >= 11 is 0. The molecule has 0 bridgehead atoms. The lowest BCUT2D eigenvalue weighted by Crippen LogP contribution is -2.32. The molecule has 7 heteroatoms. The van der Waals surface area contributed by atoms with Gasteiger partial charge in [0.1, 0.15) is 0 Å². The Hall–Kier alpha value is -2.93. The zero-order chi connectivity index (χ0) is 20.9. The molecular weight excluding hydrogens is 386 g/mol. The Morgan fingerprint density at radius 1 is 1.07 bits per heavy atom. The van der Waals surface area contributed by atoms with Crippen LogP contribution in [0.3, 0.4) is 0 Å². The van der Waals surface area contributed by atoms with Crippen molar-refractivity contribution < 1.29 is 13.2 Å². The number of nitrogens with zero attached hydrogens (tertiary/aromatic N) is 2. The van der Waals surface area contributed by atoms with E-state index in [1.54, 1.807) is 35.0 Å². The van der Waals surface area contributed by atoms with Crippen LogP contribution in [0.4, 0.5) is 0 Å². The highest BCUT2D eigenvalue weighted by Gasteiger charge is 2.19. The van der Waals surface area contributed by atoms with Crippen LogP contribution in [0, 0.1) is 6.92 Å². The number of amides is 1. The number of aryl methyl sites for hydroxylation is 2. The van der Waals surface area contributed by atoms with E-state index in [4.69, 9.17) is 0 Å². The topological polar surface area (TPSA) is 81.1 Å². The van der Waals surface area contributed by atoms with Gasteiger partial charge >= 0.3 is 0 Å². The molecule has 3 aromatic rings. The first-order valence-electron chi connectivity index (χ1n) is 9.64. The molecule has 1 N–H and O–H groups in total.